The van der Waals surface area contributed by atoms with Gasteiger partial charge in [0.2, 0.25) is 15.9 Å². The fraction of sp³-hybridized carbons (Fsp3) is 0.316. The van der Waals surface area contributed by atoms with Crippen molar-refractivity contribution in [2.45, 2.75) is 24.3 Å². The minimum absolute atomic E-state index is 0.0130. The normalized spacial score (nSPS) is 12.3. The third-order valence-corrected chi connectivity index (χ3v) is 5.57. The smallest absolute Gasteiger partial charge is 0.245 e. The number of carbonyl (C=O) groups is 1. The summed E-state index contributed by atoms with van der Waals surface area (Å²) in [6, 6.07) is 9.50. The van der Waals surface area contributed by atoms with Crippen LogP contribution in [0.5, 0.6) is 11.5 Å². The second-order valence-corrected chi connectivity index (χ2v) is 7.71. The highest BCUT2D eigenvalue weighted by atomic mass is 32.2. The number of halogens is 1. The van der Waals surface area contributed by atoms with Gasteiger partial charge in [0.05, 0.1) is 20.3 Å². The third-order valence-electron chi connectivity index (χ3n) is 4.01. The summed E-state index contributed by atoms with van der Waals surface area (Å²) in [5.41, 5.74) is 0.999. The van der Waals surface area contributed by atoms with Gasteiger partial charge in [0.1, 0.15) is 22.2 Å². The van der Waals surface area contributed by atoms with Crippen molar-refractivity contribution in [3.8, 4) is 11.5 Å². The molecule has 0 bridgehead atoms. The van der Waals surface area contributed by atoms with E-state index in [0.717, 1.165) is 23.4 Å². The van der Waals surface area contributed by atoms with Crippen molar-refractivity contribution >= 4 is 15.9 Å². The van der Waals surface area contributed by atoms with Crippen LogP contribution in [0.15, 0.2) is 47.4 Å². The minimum Gasteiger partial charge on any atom is -0.497 e. The van der Waals surface area contributed by atoms with Gasteiger partial charge in [-0.3, -0.25) is 4.79 Å². The van der Waals surface area contributed by atoms with E-state index in [-0.39, 0.29) is 10.6 Å². The highest BCUT2D eigenvalue weighted by molar-refractivity contribution is 7.89. The van der Waals surface area contributed by atoms with E-state index >= 15 is 0 Å². The zero-order valence-corrected chi connectivity index (χ0v) is 16.7. The highest BCUT2D eigenvalue weighted by Gasteiger charge is 2.25. The standard InChI is InChI=1S/C19H23FN2O5S/c1-13(19(23)21-11-10-14-4-7-16(26-2)8-5-14)22-28(24,25)18-12-15(20)6-9-17(18)27-3/h4-9,12-13,22H,10-11H2,1-3H3,(H,21,23). The Morgan fingerprint density at radius 2 is 1.79 bits per heavy atom. The summed E-state index contributed by atoms with van der Waals surface area (Å²) < 4.78 is 50.7. The van der Waals surface area contributed by atoms with Crippen molar-refractivity contribution in [2.24, 2.45) is 0 Å². The first-order chi connectivity index (χ1) is 13.3. The molecule has 152 valence electrons. The molecule has 0 saturated heterocycles. The maximum absolute atomic E-state index is 13.5. The first-order valence-electron chi connectivity index (χ1n) is 8.53. The molecule has 2 aromatic rings. The second-order valence-electron chi connectivity index (χ2n) is 6.03. The summed E-state index contributed by atoms with van der Waals surface area (Å²) in [5, 5.41) is 2.67. The lowest BCUT2D eigenvalue weighted by Gasteiger charge is -2.16. The highest BCUT2D eigenvalue weighted by Crippen LogP contribution is 2.24. The van der Waals surface area contributed by atoms with E-state index in [9.17, 15) is 17.6 Å². The maximum atomic E-state index is 13.5. The molecule has 0 aromatic heterocycles. The number of hydrogen-bond donors (Lipinski definition) is 2. The molecule has 0 saturated carbocycles. The Labute approximate surface area is 163 Å². The van der Waals surface area contributed by atoms with Gasteiger partial charge < -0.3 is 14.8 Å². The molecular formula is C19H23FN2O5S. The third kappa shape index (κ3) is 5.67. The number of methoxy groups -OCH3 is 2. The Bertz CT molecular complexity index is 916. The number of ether oxygens (including phenoxy) is 2. The van der Waals surface area contributed by atoms with Crippen LogP contribution >= 0.6 is 0 Å². The average Bonchev–Trinajstić information content (AvgIpc) is 2.68. The van der Waals surface area contributed by atoms with Crippen LogP contribution in [0.25, 0.3) is 0 Å². The van der Waals surface area contributed by atoms with Crippen LogP contribution in [0.1, 0.15) is 12.5 Å². The van der Waals surface area contributed by atoms with Crippen molar-refractivity contribution in [1.82, 2.24) is 10.0 Å². The number of rotatable bonds is 9. The maximum Gasteiger partial charge on any atom is 0.245 e. The second kappa shape index (κ2) is 9.52. The molecule has 1 amide bonds. The molecule has 28 heavy (non-hydrogen) atoms. The summed E-state index contributed by atoms with van der Waals surface area (Å²) >= 11 is 0. The molecule has 7 nitrogen and oxygen atoms in total. The number of carbonyl (C=O) groups excluding carboxylic acids is 1. The lowest BCUT2D eigenvalue weighted by atomic mass is 10.1. The van der Waals surface area contributed by atoms with Gasteiger partial charge in [0, 0.05) is 6.54 Å². The lowest BCUT2D eigenvalue weighted by Crippen LogP contribution is -2.45. The van der Waals surface area contributed by atoms with Crippen LogP contribution in [0.4, 0.5) is 4.39 Å². The largest absolute Gasteiger partial charge is 0.497 e. The molecular weight excluding hydrogens is 387 g/mol. The Morgan fingerprint density at radius 1 is 1.11 bits per heavy atom. The van der Waals surface area contributed by atoms with Crippen LogP contribution in [0.2, 0.25) is 0 Å². The van der Waals surface area contributed by atoms with E-state index < -0.39 is 27.8 Å². The van der Waals surface area contributed by atoms with Crippen molar-refractivity contribution in [3.05, 3.63) is 53.8 Å². The predicted molar refractivity (Wildman–Crippen MR) is 102 cm³/mol. The summed E-state index contributed by atoms with van der Waals surface area (Å²) in [7, 11) is -1.28. The van der Waals surface area contributed by atoms with E-state index in [1.54, 1.807) is 7.11 Å². The first kappa shape index (κ1) is 21.6. The van der Waals surface area contributed by atoms with Gasteiger partial charge in [-0.2, -0.15) is 4.72 Å². The van der Waals surface area contributed by atoms with Crippen LogP contribution in [-0.4, -0.2) is 41.1 Å². The van der Waals surface area contributed by atoms with Gasteiger partial charge in [-0.05, 0) is 49.2 Å². The van der Waals surface area contributed by atoms with Gasteiger partial charge in [-0.25, -0.2) is 12.8 Å². The number of hydrogen-bond acceptors (Lipinski definition) is 5. The van der Waals surface area contributed by atoms with E-state index in [1.165, 1.54) is 20.1 Å². The molecule has 0 radical (unpaired) electrons. The van der Waals surface area contributed by atoms with E-state index in [2.05, 4.69) is 10.0 Å². The molecule has 0 aliphatic heterocycles. The van der Waals surface area contributed by atoms with Crippen molar-refractivity contribution in [2.75, 3.05) is 20.8 Å². The van der Waals surface area contributed by atoms with Gasteiger partial charge in [-0.15, -0.1) is 0 Å². The number of amides is 1. The predicted octanol–water partition coefficient (Wildman–Crippen LogP) is 1.87. The van der Waals surface area contributed by atoms with Crippen LogP contribution in [0, 0.1) is 5.82 Å². The Balaban J connectivity index is 1.94. The molecule has 1 unspecified atom stereocenters. The van der Waals surface area contributed by atoms with Gasteiger partial charge in [0.25, 0.3) is 0 Å². The van der Waals surface area contributed by atoms with E-state index in [0.29, 0.717) is 13.0 Å². The SMILES string of the molecule is COc1ccc(CCNC(=O)C(C)NS(=O)(=O)c2cc(F)ccc2OC)cc1. The summed E-state index contributed by atoms with van der Waals surface area (Å²) in [6.07, 6.45) is 0.576. The van der Waals surface area contributed by atoms with E-state index in [4.69, 9.17) is 9.47 Å². The molecule has 9 heteroatoms. The van der Waals surface area contributed by atoms with Crippen molar-refractivity contribution < 1.29 is 27.1 Å². The molecule has 0 spiro atoms. The zero-order chi connectivity index (χ0) is 20.7. The quantitative estimate of drug-likeness (QED) is 0.658. The Hall–Kier alpha value is -2.65. The van der Waals surface area contributed by atoms with Crippen LogP contribution in [0.3, 0.4) is 0 Å². The fourth-order valence-electron chi connectivity index (χ4n) is 2.49. The van der Waals surface area contributed by atoms with Gasteiger partial charge in [-0.1, -0.05) is 12.1 Å². The van der Waals surface area contributed by atoms with Gasteiger partial charge >= 0.3 is 0 Å². The summed E-state index contributed by atoms with van der Waals surface area (Å²) in [5.74, 6) is -0.491. The van der Waals surface area contributed by atoms with Crippen molar-refractivity contribution in [3.63, 3.8) is 0 Å². The van der Waals surface area contributed by atoms with Gasteiger partial charge in [0.15, 0.2) is 0 Å². The average molecular weight is 410 g/mol. The molecule has 0 fully saturated rings. The molecule has 0 aliphatic carbocycles. The molecule has 0 aliphatic rings. The molecule has 2 N–H and O–H groups in total. The van der Waals surface area contributed by atoms with Crippen LogP contribution < -0.4 is 19.5 Å². The van der Waals surface area contributed by atoms with E-state index in [1.807, 2.05) is 24.3 Å². The fourth-order valence-corrected chi connectivity index (χ4v) is 3.87. The van der Waals surface area contributed by atoms with Crippen LogP contribution in [-0.2, 0) is 21.2 Å². The molecule has 2 aromatic carbocycles. The number of benzene rings is 2. The topological polar surface area (TPSA) is 93.7 Å². The summed E-state index contributed by atoms with van der Waals surface area (Å²) in [6.45, 7) is 1.74. The number of nitrogens with one attached hydrogen (secondary N) is 2. The number of sulfonamides is 1. The minimum atomic E-state index is -4.14. The summed E-state index contributed by atoms with van der Waals surface area (Å²) in [4.78, 5) is 11.8. The first-order valence-corrected chi connectivity index (χ1v) is 10.0. The lowest BCUT2D eigenvalue weighted by molar-refractivity contribution is -0.122. The Morgan fingerprint density at radius 3 is 2.39 bits per heavy atom. The molecule has 1 atom stereocenters. The van der Waals surface area contributed by atoms with Crippen molar-refractivity contribution in [1.29, 1.82) is 0 Å². The monoisotopic (exact) mass is 410 g/mol. The Kier molecular flexibility index (Phi) is 7.36. The zero-order valence-electron chi connectivity index (χ0n) is 15.9. The molecule has 0 heterocycles. The molecule has 2 rings (SSSR count).